The molecule has 1 aromatic rings. The normalized spacial score (nSPS) is 26.8. The summed E-state index contributed by atoms with van der Waals surface area (Å²) in [7, 11) is 0. The first kappa shape index (κ1) is 15.0. The number of rotatable bonds is 4. The summed E-state index contributed by atoms with van der Waals surface area (Å²) in [5.41, 5.74) is 9.08. The van der Waals surface area contributed by atoms with Gasteiger partial charge in [0.05, 0.1) is 13.2 Å². The zero-order chi connectivity index (χ0) is 14.9. The number of ether oxygens (including phenoxy) is 1. The zero-order valence-corrected chi connectivity index (χ0v) is 13.1. The summed E-state index contributed by atoms with van der Waals surface area (Å²) in [6.07, 6.45) is 0.999. The molecular formula is C17H27N3O. The van der Waals surface area contributed by atoms with Crippen LogP contribution in [0.25, 0.3) is 0 Å². The Morgan fingerprint density at radius 1 is 1.24 bits per heavy atom. The molecule has 2 atom stereocenters. The van der Waals surface area contributed by atoms with Gasteiger partial charge in [-0.3, -0.25) is 4.90 Å². The number of fused-ring (bicyclic) bond motifs is 1. The summed E-state index contributed by atoms with van der Waals surface area (Å²) in [5, 5.41) is 3.74. The zero-order valence-electron chi connectivity index (χ0n) is 13.1. The molecule has 3 N–H and O–H groups in total. The Morgan fingerprint density at radius 3 is 2.62 bits per heavy atom. The average molecular weight is 289 g/mol. The second kappa shape index (κ2) is 6.05. The summed E-state index contributed by atoms with van der Waals surface area (Å²) in [4.78, 5) is 2.52. The van der Waals surface area contributed by atoms with E-state index in [1.54, 1.807) is 0 Å². The van der Waals surface area contributed by atoms with Crippen LogP contribution in [0.15, 0.2) is 24.3 Å². The van der Waals surface area contributed by atoms with Crippen LogP contribution in [0.1, 0.15) is 43.5 Å². The average Bonchev–Trinajstić information content (AvgIpc) is 2.83. The van der Waals surface area contributed by atoms with E-state index in [0.29, 0.717) is 6.04 Å². The molecule has 1 saturated heterocycles. The van der Waals surface area contributed by atoms with E-state index in [9.17, 15) is 0 Å². The summed E-state index contributed by atoms with van der Waals surface area (Å²) in [6.45, 7) is 9.34. The predicted octanol–water partition coefficient (Wildman–Crippen LogP) is 1.83. The highest BCUT2D eigenvalue weighted by atomic mass is 16.5. The van der Waals surface area contributed by atoms with E-state index in [1.165, 1.54) is 11.1 Å². The third-order valence-corrected chi connectivity index (χ3v) is 4.91. The molecule has 4 heteroatoms. The van der Waals surface area contributed by atoms with Gasteiger partial charge in [0.2, 0.25) is 0 Å². The van der Waals surface area contributed by atoms with Crippen LogP contribution in [-0.2, 0) is 4.74 Å². The number of hydrogen-bond acceptors (Lipinski definition) is 4. The molecule has 0 radical (unpaired) electrons. The fourth-order valence-electron chi connectivity index (χ4n) is 3.52. The van der Waals surface area contributed by atoms with Crippen molar-refractivity contribution in [2.24, 2.45) is 5.73 Å². The monoisotopic (exact) mass is 289 g/mol. The molecule has 1 aromatic carbocycles. The van der Waals surface area contributed by atoms with Crippen LogP contribution in [0, 0.1) is 0 Å². The number of nitrogens with two attached hydrogens (primary N) is 1. The van der Waals surface area contributed by atoms with Gasteiger partial charge in [-0.1, -0.05) is 24.3 Å². The fourth-order valence-corrected chi connectivity index (χ4v) is 3.52. The smallest absolute Gasteiger partial charge is 0.0594 e. The topological polar surface area (TPSA) is 50.5 Å². The van der Waals surface area contributed by atoms with Crippen molar-refractivity contribution in [3.8, 4) is 0 Å². The third kappa shape index (κ3) is 3.14. The van der Waals surface area contributed by atoms with E-state index in [4.69, 9.17) is 10.5 Å². The Morgan fingerprint density at radius 2 is 1.90 bits per heavy atom. The molecule has 4 nitrogen and oxygen atoms in total. The molecule has 1 aliphatic carbocycles. The molecule has 1 fully saturated rings. The van der Waals surface area contributed by atoms with Gasteiger partial charge in [0.15, 0.2) is 0 Å². The van der Waals surface area contributed by atoms with Crippen molar-refractivity contribution in [2.75, 3.05) is 32.8 Å². The summed E-state index contributed by atoms with van der Waals surface area (Å²) < 4.78 is 5.45. The van der Waals surface area contributed by atoms with E-state index < -0.39 is 0 Å². The van der Waals surface area contributed by atoms with Gasteiger partial charge in [-0.25, -0.2) is 0 Å². The van der Waals surface area contributed by atoms with Crippen LogP contribution < -0.4 is 11.1 Å². The van der Waals surface area contributed by atoms with E-state index in [0.717, 1.165) is 39.3 Å². The van der Waals surface area contributed by atoms with Crippen molar-refractivity contribution < 1.29 is 4.74 Å². The van der Waals surface area contributed by atoms with Crippen molar-refractivity contribution in [1.82, 2.24) is 10.2 Å². The lowest BCUT2D eigenvalue weighted by molar-refractivity contribution is -0.0104. The van der Waals surface area contributed by atoms with Crippen molar-refractivity contribution in [2.45, 2.75) is 37.9 Å². The minimum Gasteiger partial charge on any atom is -0.379 e. The predicted molar refractivity (Wildman–Crippen MR) is 85.2 cm³/mol. The van der Waals surface area contributed by atoms with Crippen molar-refractivity contribution >= 4 is 0 Å². The first-order chi connectivity index (χ1) is 10.1. The van der Waals surface area contributed by atoms with Crippen molar-refractivity contribution in [3.05, 3.63) is 35.4 Å². The van der Waals surface area contributed by atoms with Crippen molar-refractivity contribution in [1.29, 1.82) is 0 Å². The molecule has 21 heavy (non-hydrogen) atoms. The van der Waals surface area contributed by atoms with Gasteiger partial charge in [-0.05, 0) is 31.4 Å². The molecule has 1 aliphatic heterocycles. The molecule has 116 valence electrons. The van der Waals surface area contributed by atoms with Gasteiger partial charge < -0.3 is 15.8 Å². The van der Waals surface area contributed by atoms with Gasteiger partial charge >= 0.3 is 0 Å². The molecule has 0 aromatic heterocycles. The van der Waals surface area contributed by atoms with Crippen LogP contribution in [0.2, 0.25) is 0 Å². The molecular weight excluding hydrogens is 262 g/mol. The molecule has 0 amide bonds. The Kier molecular flexibility index (Phi) is 4.31. The minimum atomic E-state index is 0.144. The molecule has 0 bridgehead atoms. The molecule has 2 unspecified atom stereocenters. The molecule has 0 spiro atoms. The number of hydrogen-bond donors (Lipinski definition) is 2. The standard InChI is InChI=1S/C17H27N3O/c1-17(2,20-7-9-21-10-8-20)12-19-16-11-15(18)13-5-3-4-6-14(13)16/h3-6,15-16,19H,7-12,18H2,1-2H3. The quantitative estimate of drug-likeness (QED) is 0.888. The third-order valence-electron chi connectivity index (χ3n) is 4.91. The van der Waals surface area contributed by atoms with E-state index in [1.807, 2.05) is 0 Å². The number of nitrogens with one attached hydrogen (secondary N) is 1. The lowest BCUT2D eigenvalue weighted by Crippen LogP contribution is -2.54. The second-order valence-electron chi connectivity index (χ2n) is 6.82. The molecule has 1 heterocycles. The van der Waals surface area contributed by atoms with Crippen LogP contribution in [0.3, 0.4) is 0 Å². The summed E-state index contributed by atoms with van der Waals surface area (Å²) in [6, 6.07) is 9.12. The van der Waals surface area contributed by atoms with Gasteiger partial charge in [0.25, 0.3) is 0 Å². The Bertz CT molecular complexity index is 483. The maximum absolute atomic E-state index is 6.25. The largest absolute Gasteiger partial charge is 0.379 e. The highest BCUT2D eigenvalue weighted by Crippen LogP contribution is 2.37. The van der Waals surface area contributed by atoms with Crippen molar-refractivity contribution in [3.63, 3.8) is 0 Å². The Balaban J connectivity index is 1.63. The SMILES string of the molecule is CC(C)(CNC1CC(N)c2ccccc21)N1CCOCC1. The minimum absolute atomic E-state index is 0.144. The van der Waals surface area contributed by atoms with Gasteiger partial charge in [0, 0.05) is 37.3 Å². The molecule has 2 aliphatic rings. The Labute approximate surface area is 127 Å². The maximum atomic E-state index is 6.25. The summed E-state index contributed by atoms with van der Waals surface area (Å²) >= 11 is 0. The van der Waals surface area contributed by atoms with E-state index in [2.05, 4.69) is 48.3 Å². The lowest BCUT2D eigenvalue weighted by Gasteiger charge is -2.41. The fraction of sp³-hybridized carbons (Fsp3) is 0.647. The van der Waals surface area contributed by atoms with Crippen LogP contribution >= 0.6 is 0 Å². The first-order valence-corrected chi connectivity index (χ1v) is 7.98. The summed E-state index contributed by atoms with van der Waals surface area (Å²) in [5.74, 6) is 0. The van der Waals surface area contributed by atoms with Crippen LogP contribution in [-0.4, -0.2) is 43.3 Å². The second-order valence-corrected chi connectivity index (χ2v) is 6.82. The number of benzene rings is 1. The van der Waals surface area contributed by atoms with Gasteiger partial charge in [0.1, 0.15) is 0 Å². The van der Waals surface area contributed by atoms with Gasteiger partial charge in [-0.2, -0.15) is 0 Å². The maximum Gasteiger partial charge on any atom is 0.0594 e. The van der Waals surface area contributed by atoms with E-state index in [-0.39, 0.29) is 11.6 Å². The number of morpholine rings is 1. The van der Waals surface area contributed by atoms with E-state index >= 15 is 0 Å². The highest BCUT2D eigenvalue weighted by molar-refractivity contribution is 5.37. The van der Waals surface area contributed by atoms with Gasteiger partial charge in [-0.15, -0.1) is 0 Å². The number of nitrogens with zero attached hydrogens (tertiary/aromatic N) is 1. The molecule has 0 saturated carbocycles. The lowest BCUT2D eigenvalue weighted by atomic mass is 10.0. The Hall–Kier alpha value is -0.940. The van der Waals surface area contributed by atoms with Crippen LogP contribution in [0.4, 0.5) is 0 Å². The highest BCUT2D eigenvalue weighted by Gasteiger charge is 2.32. The first-order valence-electron chi connectivity index (χ1n) is 7.98. The van der Waals surface area contributed by atoms with Crippen LogP contribution in [0.5, 0.6) is 0 Å². The molecule has 3 rings (SSSR count).